The molecule has 22 heavy (non-hydrogen) atoms. The van der Waals surface area contributed by atoms with Crippen LogP contribution in [0.3, 0.4) is 0 Å². The lowest BCUT2D eigenvalue weighted by atomic mass is 9.99. The summed E-state index contributed by atoms with van der Waals surface area (Å²) in [7, 11) is 0. The van der Waals surface area contributed by atoms with Gasteiger partial charge in [0, 0.05) is 32.2 Å². The quantitative estimate of drug-likeness (QED) is 0.834. The van der Waals surface area contributed by atoms with E-state index in [1.54, 1.807) is 6.92 Å². The minimum absolute atomic E-state index is 0.0315. The third kappa shape index (κ3) is 3.92. The van der Waals surface area contributed by atoms with Gasteiger partial charge in [0.1, 0.15) is 0 Å². The van der Waals surface area contributed by atoms with Crippen LogP contribution in [-0.2, 0) is 12.4 Å². The Morgan fingerprint density at radius 3 is 1.77 bits per heavy atom. The molecule has 1 N–H and O–H groups in total. The molecule has 0 aliphatic carbocycles. The fourth-order valence-electron chi connectivity index (χ4n) is 2.50. The second-order valence-electron chi connectivity index (χ2n) is 5.30. The van der Waals surface area contributed by atoms with E-state index in [0.717, 1.165) is 12.1 Å². The van der Waals surface area contributed by atoms with Crippen LogP contribution in [0.2, 0.25) is 0 Å². The summed E-state index contributed by atoms with van der Waals surface area (Å²) in [4.78, 5) is 1.87. The summed E-state index contributed by atoms with van der Waals surface area (Å²) < 4.78 is 77.1. The summed E-state index contributed by atoms with van der Waals surface area (Å²) in [5.41, 5.74) is -2.50. The molecule has 2 nitrogen and oxygen atoms in total. The Hall–Kier alpha value is -1.28. The molecule has 0 radical (unpaired) electrons. The van der Waals surface area contributed by atoms with Gasteiger partial charge in [-0.3, -0.25) is 4.90 Å². The van der Waals surface area contributed by atoms with Crippen LogP contribution < -0.4 is 5.32 Å². The Morgan fingerprint density at radius 1 is 0.909 bits per heavy atom. The number of halogens is 6. The predicted octanol–water partition coefficient (Wildman–Crippen LogP) is 3.69. The van der Waals surface area contributed by atoms with Gasteiger partial charge in [0.15, 0.2) is 0 Å². The molecule has 1 aromatic rings. The van der Waals surface area contributed by atoms with Gasteiger partial charge in [0.05, 0.1) is 11.1 Å². The van der Waals surface area contributed by atoms with Gasteiger partial charge in [-0.15, -0.1) is 0 Å². The second-order valence-corrected chi connectivity index (χ2v) is 5.30. The molecule has 0 unspecified atom stereocenters. The third-order valence-electron chi connectivity index (χ3n) is 3.79. The summed E-state index contributed by atoms with van der Waals surface area (Å²) in [6.07, 6.45) is -9.61. The number of hydrogen-bond acceptors (Lipinski definition) is 2. The van der Waals surface area contributed by atoms with Gasteiger partial charge in [-0.25, -0.2) is 0 Å². The molecule has 1 atom stereocenters. The summed E-state index contributed by atoms with van der Waals surface area (Å²) in [6, 6.07) is 1.27. The average molecular weight is 326 g/mol. The molecule has 8 heteroatoms. The third-order valence-corrected chi connectivity index (χ3v) is 3.79. The van der Waals surface area contributed by atoms with Gasteiger partial charge >= 0.3 is 12.4 Å². The minimum Gasteiger partial charge on any atom is -0.314 e. The molecule has 0 amide bonds. The van der Waals surface area contributed by atoms with Crippen LogP contribution >= 0.6 is 0 Å². The minimum atomic E-state index is -4.81. The van der Waals surface area contributed by atoms with E-state index in [1.807, 2.05) is 4.90 Å². The molecule has 1 aliphatic rings. The SMILES string of the molecule is C[C@@H](c1cc(C(F)(F)F)cc(C(F)(F)F)c1)N1CCNCC1. The molecule has 0 saturated carbocycles. The first-order chi connectivity index (χ1) is 10.1. The zero-order chi connectivity index (χ0) is 16.5. The van der Waals surface area contributed by atoms with E-state index in [1.165, 1.54) is 0 Å². The summed E-state index contributed by atoms with van der Waals surface area (Å²) >= 11 is 0. The van der Waals surface area contributed by atoms with Gasteiger partial charge in [-0.1, -0.05) is 0 Å². The van der Waals surface area contributed by atoms with Crippen molar-refractivity contribution < 1.29 is 26.3 Å². The molecule has 0 bridgehead atoms. The first kappa shape index (κ1) is 17.1. The smallest absolute Gasteiger partial charge is 0.314 e. The van der Waals surface area contributed by atoms with Crippen molar-refractivity contribution in [3.63, 3.8) is 0 Å². The van der Waals surface area contributed by atoms with Crippen LogP contribution in [0.1, 0.15) is 29.7 Å². The van der Waals surface area contributed by atoms with Crippen molar-refractivity contribution >= 4 is 0 Å². The Bertz CT molecular complexity index is 485. The fourth-order valence-corrected chi connectivity index (χ4v) is 2.50. The molecule has 1 aliphatic heterocycles. The average Bonchev–Trinajstić information content (AvgIpc) is 2.45. The number of nitrogens with zero attached hydrogens (tertiary/aromatic N) is 1. The van der Waals surface area contributed by atoms with Crippen LogP contribution in [0.25, 0.3) is 0 Å². The Morgan fingerprint density at radius 2 is 1.36 bits per heavy atom. The highest BCUT2D eigenvalue weighted by atomic mass is 19.4. The van der Waals surface area contributed by atoms with Gasteiger partial charge in [0.2, 0.25) is 0 Å². The zero-order valence-electron chi connectivity index (χ0n) is 11.9. The number of rotatable bonds is 2. The van der Waals surface area contributed by atoms with Crippen LogP contribution in [-0.4, -0.2) is 31.1 Å². The van der Waals surface area contributed by atoms with E-state index in [0.29, 0.717) is 26.2 Å². The number of piperazine rings is 1. The van der Waals surface area contributed by atoms with Gasteiger partial charge < -0.3 is 5.32 Å². The first-order valence-corrected chi connectivity index (χ1v) is 6.83. The van der Waals surface area contributed by atoms with Crippen molar-refractivity contribution in [2.75, 3.05) is 26.2 Å². The topological polar surface area (TPSA) is 15.3 Å². The monoisotopic (exact) mass is 326 g/mol. The predicted molar refractivity (Wildman–Crippen MR) is 69.3 cm³/mol. The molecule has 1 saturated heterocycles. The molecule has 1 fully saturated rings. The van der Waals surface area contributed by atoms with E-state index in [2.05, 4.69) is 5.32 Å². The van der Waals surface area contributed by atoms with Crippen LogP contribution in [0.4, 0.5) is 26.3 Å². The lowest BCUT2D eigenvalue weighted by Gasteiger charge is -2.33. The largest absolute Gasteiger partial charge is 0.416 e. The highest BCUT2D eigenvalue weighted by molar-refractivity contribution is 5.35. The van der Waals surface area contributed by atoms with E-state index >= 15 is 0 Å². The standard InChI is InChI=1S/C14H16F6N2/c1-9(22-4-2-21-3-5-22)10-6-11(13(15,16)17)8-12(7-10)14(18,19)20/h6-9,21H,2-5H2,1H3/t9-/m0/s1. The normalized spacial score (nSPS) is 19.2. The molecule has 1 heterocycles. The number of nitrogens with one attached hydrogen (secondary N) is 1. The highest BCUT2D eigenvalue weighted by Crippen LogP contribution is 2.38. The van der Waals surface area contributed by atoms with E-state index in [9.17, 15) is 26.3 Å². The summed E-state index contributed by atoms with van der Waals surface area (Å²) in [6.45, 7) is 4.11. The first-order valence-electron chi connectivity index (χ1n) is 6.83. The van der Waals surface area contributed by atoms with E-state index < -0.39 is 29.5 Å². The lowest BCUT2D eigenvalue weighted by molar-refractivity contribution is -0.143. The van der Waals surface area contributed by atoms with Crippen LogP contribution in [0.5, 0.6) is 0 Å². The maximum absolute atomic E-state index is 12.9. The van der Waals surface area contributed by atoms with Crippen LogP contribution in [0.15, 0.2) is 18.2 Å². The molecule has 124 valence electrons. The van der Waals surface area contributed by atoms with Gasteiger partial charge in [-0.05, 0) is 30.7 Å². The van der Waals surface area contributed by atoms with Crippen molar-refractivity contribution in [3.8, 4) is 0 Å². The molecular weight excluding hydrogens is 310 g/mol. The van der Waals surface area contributed by atoms with E-state index in [4.69, 9.17) is 0 Å². The fraction of sp³-hybridized carbons (Fsp3) is 0.571. The summed E-state index contributed by atoms with van der Waals surface area (Å²) in [5.74, 6) is 0. The van der Waals surface area contributed by atoms with Crippen LogP contribution in [0, 0.1) is 0 Å². The van der Waals surface area contributed by atoms with Crippen molar-refractivity contribution in [1.29, 1.82) is 0 Å². The number of alkyl halides is 6. The molecule has 0 aromatic heterocycles. The van der Waals surface area contributed by atoms with Crippen molar-refractivity contribution in [3.05, 3.63) is 34.9 Å². The van der Waals surface area contributed by atoms with Crippen molar-refractivity contribution in [2.45, 2.75) is 25.3 Å². The number of hydrogen-bond donors (Lipinski definition) is 1. The molecular formula is C14H16F6N2. The second kappa shape index (κ2) is 6.08. The molecule has 2 rings (SSSR count). The zero-order valence-corrected chi connectivity index (χ0v) is 11.9. The van der Waals surface area contributed by atoms with Gasteiger partial charge in [0.25, 0.3) is 0 Å². The lowest BCUT2D eigenvalue weighted by Crippen LogP contribution is -2.44. The maximum Gasteiger partial charge on any atom is 0.416 e. The Balaban J connectivity index is 2.41. The Kier molecular flexibility index (Phi) is 4.72. The van der Waals surface area contributed by atoms with Crippen molar-refractivity contribution in [1.82, 2.24) is 10.2 Å². The highest BCUT2D eigenvalue weighted by Gasteiger charge is 2.37. The maximum atomic E-state index is 12.9. The molecule has 0 spiro atoms. The van der Waals surface area contributed by atoms with Gasteiger partial charge in [-0.2, -0.15) is 26.3 Å². The molecule has 1 aromatic carbocycles. The summed E-state index contributed by atoms with van der Waals surface area (Å²) in [5, 5.41) is 3.09. The van der Waals surface area contributed by atoms with E-state index in [-0.39, 0.29) is 11.6 Å². The Labute approximate surface area is 124 Å². The number of benzene rings is 1. The van der Waals surface area contributed by atoms with Crippen molar-refractivity contribution in [2.24, 2.45) is 0 Å².